The van der Waals surface area contributed by atoms with Gasteiger partial charge >= 0.3 is 0 Å². The number of halogens is 3. The lowest BCUT2D eigenvalue weighted by Crippen LogP contribution is -2.47. The van der Waals surface area contributed by atoms with Crippen molar-refractivity contribution in [3.63, 3.8) is 0 Å². The molecule has 116 valence electrons. The molecule has 1 aromatic carbocycles. The average molecular weight is 318 g/mol. The second kappa shape index (κ2) is 5.39. The van der Waals surface area contributed by atoms with E-state index in [0.29, 0.717) is 18.4 Å². The van der Waals surface area contributed by atoms with Crippen LogP contribution < -0.4 is 0 Å². The summed E-state index contributed by atoms with van der Waals surface area (Å²) in [7, 11) is -0.947. The highest BCUT2D eigenvalue weighted by molar-refractivity contribution is 7.86. The highest BCUT2D eigenvalue weighted by atomic mass is 32.2. The summed E-state index contributed by atoms with van der Waals surface area (Å²) in [6.07, 6.45) is 0.335. The number of hydrogen-bond donors (Lipinski definition) is 1. The molecule has 1 aromatic rings. The van der Waals surface area contributed by atoms with Gasteiger partial charge in [0.15, 0.2) is 0 Å². The molecule has 1 N–H and O–H groups in total. The van der Waals surface area contributed by atoms with Gasteiger partial charge in [-0.2, -0.15) is 0 Å². The first-order chi connectivity index (χ1) is 9.90. The maximum atomic E-state index is 13.7. The van der Waals surface area contributed by atoms with E-state index in [0.717, 1.165) is 31.4 Å². The van der Waals surface area contributed by atoms with Gasteiger partial charge in [-0.1, -0.05) is 18.6 Å². The summed E-state index contributed by atoms with van der Waals surface area (Å²) in [6.45, 7) is 0. The molecule has 0 aromatic heterocycles. The van der Waals surface area contributed by atoms with Gasteiger partial charge in [0.25, 0.3) is 6.43 Å². The van der Waals surface area contributed by atoms with Crippen LogP contribution in [0.3, 0.4) is 0 Å². The first-order valence-electron chi connectivity index (χ1n) is 7.10. The molecule has 0 spiro atoms. The number of hydrogen-bond acceptors (Lipinski definition) is 2. The lowest BCUT2D eigenvalue weighted by atomic mass is 9.80. The SMILES string of the molecule is O=S1C2CCCC1CC(O)(c1ccc(C(F)F)c(F)c1)C2. The number of fused-ring (bicyclic) bond motifs is 2. The van der Waals surface area contributed by atoms with Crippen molar-refractivity contribution in [3.8, 4) is 0 Å². The van der Waals surface area contributed by atoms with Crippen LogP contribution in [0.15, 0.2) is 18.2 Å². The molecule has 0 radical (unpaired) electrons. The third-order valence-electron chi connectivity index (χ3n) is 4.61. The highest BCUT2D eigenvalue weighted by Crippen LogP contribution is 2.44. The van der Waals surface area contributed by atoms with Crippen LogP contribution in [0.5, 0.6) is 0 Å². The van der Waals surface area contributed by atoms with Gasteiger partial charge in [-0.05, 0) is 37.3 Å². The zero-order chi connectivity index (χ0) is 15.2. The molecule has 21 heavy (non-hydrogen) atoms. The van der Waals surface area contributed by atoms with Crippen LogP contribution in [0.4, 0.5) is 13.2 Å². The van der Waals surface area contributed by atoms with E-state index in [1.807, 2.05) is 0 Å². The van der Waals surface area contributed by atoms with Crippen molar-refractivity contribution < 1.29 is 22.5 Å². The van der Waals surface area contributed by atoms with Gasteiger partial charge in [-0.25, -0.2) is 13.2 Å². The second-order valence-electron chi connectivity index (χ2n) is 5.98. The van der Waals surface area contributed by atoms with Crippen LogP contribution in [0, 0.1) is 5.82 Å². The van der Waals surface area contributed by atoms with Crippen molar-refractivity contribution in [3.05, 3.63) is 35.1 Å². The van der Waals surface area contributed by atoms with Crippen LogP contribution >= 0.6 is 0 Å². The lowest BCUT2D eigenvalue weighted by Gasteiger charge is -2.43. The molecule has 2 bridgehead atoms. The Hall–Kier alpha value is -0.880. The molecular weight excluding hydrogens is 301 g/mol. The quantitative estimate of drug-likeness (QED) is 0.907. The normalized spacial score (nSPS) is 36.0. The predicted octanol–water partition coefficient (Wildman–Crippen LogP) is 3.41. The largest absolute Gasteiger partial charge is 0.385 e. The summed E-state index contributed by atoms with van der Waals surface area (Å²) in [6, 6.07) is 3.41. The monoisotopic (exact) mass is 318 g/mol. The van der Waals surface area contributed by atoms with Crippen LogP contribution in [0.2, 0.25) is 0 Å². The molecule has 2 atom stereocenters. The number of benzene rings is 1. The summed E-state index contributed by atoms with van der Waals surface area (Å²) in [5.41, 5.74) is -1.59. The third-order valence-corrected chi connectivity index (χ3v) is 6.73. The van der Waals surface area contributed by atoms with Crippen LogP contribution in [0.1, 0.15) is 49.7 Å². The number of rotatable bonds is 2. The lowest BCUT2D eigenvalue weighted by molar-refractivity contribution is 0.00613. The Kier molecular flexibility index (Phi) is 3.86. The van der Waals surface area contributed by atoms with E-state index < -0.39 is 34.2 Å². The fraction of sp³-hybridized carbons (Fsp3) is 0.600. The van der Waals surface area contributed by atoms with Gasteiger partial charge < -0.3 is 5.11 Å². The zero-order valence-electron chi connectivity index (χ0n) is 11.4. The van der Waals surface area contributed by atoms with Crippen molar-refractivity contribution >= 4 is 10.8 Å². The Morgan fingerprint density at radius 2 is 1.86 bits per heavy atom. The van der Waals surface area contributed by atoms with Crippen molar-refractivity contribution in [1.82, 2.24) is 0 Å². The molecule has 2 aliphatic rings. The molecule has 3 rings (SSSR count). The van der Waals surface area contributed by atoms with E-state index in [4.69, 9.17) is 0 Å². The topological polar surface area (TPSA) is 37.3 Å². The van der Waals surface area contributed by atoms with Crippen LogP contribution in [-0.4, -0.2) is 19.8 Å². The minimum atomic E-state index is -2.87. The Balaban J connectivity index is 1.92. The van der Waals surface area contributed by atoms with Gasteiger partial charge in [-0.15, -0.1) is 0 Å². The number of alkyl halides is 2. The smallest absolute Gasteiger partial charge is 0.266 e. The fourth-order valence-corrected chi connectivity index (χ4v) is 5.73. The van der Waals surface area contributed by atoms with Gasteiger partial charge in [0.2, 0.25) is 0 Å². The molecule has 2 heterocycles. The third kappa shape index (κ3) is 2.63. The molecular formula is C15H17F3O2S. The standard InChI is InChI=1S/C15H17F3O2S/c16-13-6-9(4-5-12(13)14(17)18)15(19)7-10-2-1-3-11(8-15)21(10)20/h4-6,10-11,14,19H,1-3,7-8H2. The Morgan fingerprint density at radius 3 is 2.38 bits per heavy atom. The van der Waals surface area contributed by atoms with Crippen molar-refractivity contribution in [2.45, 2.75) is 54.6 Å². The molecule has 2 saturated heterocycles. The predicted molar refractivity (Wildman–Crippen MR) is 74.1 cm³/mol. The molecule has 0 saturated carbocycles. The zero-order valence-corrected chi connectivity index (χ0v) is 12.2. The average Bonchev–Trinajstić information content (AvgIpc) is 2.40. The molecule has 0 aliphatic carbocycles. The summed E-state index contributed by atoms with van der Waals surface area (Å²) in [4.78, 5) is 0. The van der Waals surface area contributed by atoms with Gasteiger partial charge in [-0.3, -0.25) is 4.21 Å². The van der Waals surface area contributed by atoms with Gasteiger partial charge in [0.05, 0.1) is 11.2 Å². The van der Waals surface area contributed by atoms with Crippen molar-refractivity contribution in [2.75, 3.05) is 0 Å². The van der Waals surface area contributed by atoms with E-state index in [-0.39, 0.29) is 10.5 Å². The minimum absolute atomic E-state index is 0.0830. The molecule has 0 amide bonds. The Labute approximate surface area is 123 Å². The summed E-state index contributed by atoms with van der Waals surface area (Å²) < 4.78 is 51.1. The minimum Gasteiger partial charge on any atom is -0.385 e. The molecule has 2 aliphatic heterocycles. The maximum absolute atomic E-state index is 13.7. The highest BCUT2D eigenvalue weighted by Gasteiger charge is 2.46. The molecule has 2 nitrogen and oxygen atoms in total. The van der Waals surface area contributed by atoms with Crippen LogP contribution in [0.25, 0.3) is 0 Å². The van der Waals surface area contributed by atoms with Gasteiger partial charge in [0.1, 0.15) is 5.82 Å². The summed E-state index contributed by atoms with van der Waals surface area (Å²) >= 11 is 0. The van der Waals surface area contributed by atoms with Gasteiger partial charge in [0, 0.05) is 21.3 Å². The summed E-state index contributed by atoms with van der Waals surface area (Å²) in [5.74, 6) is -0.993. The Bertz CT molecular complexity index is 560. The second-order valence-corrected chi connectivity index (χ2v) is 7.97. The van der Waals surface area contributed by atoms with E-state index in [1.54, 1.807) is 0 Å². The molecule has 2 unspecified atom stereocenters. The molecule has 6 heteroatoms. The Morgan fingerprint density at radius 1 is 1.24 bits per heavy atom. The van der Waals surface area contributed by atoms with Crippen molar-refractivity contribution in [2.24, 2.45) is 0 Å². The first kappa shape index (κ1) is 15.0. The summed E-state index contributed by atoms with van der Waals surface area (Å²) in [5, 5.41) is 10.7. The van der Waals surface area contributed by atoms with E-state index in [2.05, 4.69) is 0 Å². The van der Waals surface area contributed by atoms with E-state index in [9.17, 15) is 22.5 Å². The van der Waals surface area contributed by atoms with E-state index in [1.165, 1.54) is 6.07 Å². The fourth-order valence-electron chi connectivity index (χ4n) is 3.51. The van der Waals surface area contributed by atoms with E-state index >= 15 is 0 Å². The van der Waals surface area contributed by atoms with Crippen molar-refractivity contribution in [1.29, 1.82) is 0 Å². The number of aliphatic hydroxyl groups is 1. The van der Waals surface area contributed by atoms with Crippen LogP contribution in [-0.2, 0) is 16.4 Å². The maximum Gasteiger partial charge on any atom is 0.266 e. The molecule has 2 fully saturated rings. The first-order valence-corrected chi connectivity index (χ1v) is 8.38.